The van der Waals surface area contributed by atoms with E-state index in [1.807, 2.05) is 61.3 Å². The minimum atomic E-state index is -0.142. The molecule has 1 unspecified atom stereocenters. The van der Waals surface area contributed by atoms with Gasteiger partial charge in [-0.15, -0.1) is 11.3 Å². The fraction of sp³-hybridized carbons (Fsp3) is 0.467. The van der Waals surface area contributed by atoms with E-state index in [1.54, 1.807) is 29.3 Å². The van der Waals surface area contributed by atoms with Gasteiger partial charge in [0.15, 0.2) is 5.13 Å². The number of aliphatic hydroxyl groups excluding tert-OH is 1. The topological polar surface area (TPSA) is 110 Å². The molecule has 3 N–H and O–H groups in total. The van der Waals surface area contributed by atoms with Crippen molar-refractivity contribution in [2.45, 2.75) is 38.7 Å². The predicted molar refractivity (Wildman–Crippen MR) is 172 cm³/mol. The first-order valence-corrected chi connectivity index (χ1v) is 16.6. The van der Waals surface area contributed by atoms with Crippen LogP contribution >= 0.6 is 23.1 Å². The Balaban J connectivity index is 0.000000173. The summed E-state index contributed by atoms with van der Waals surface area (Å²) in [5.41, 5.74) is 4.48. The summed E-state index contributed by atoms with van der Waals surface area (Å²) < 4.78 is 0. The summed E-state index contributed by atoms with van der Waals surface area (Å²) in [6, 6.07) is 9.53. The number of nitrogens with one attached hydrogen (secondary N) is 2. The third kappa shape index (κ3) is 8.75. The molecule has 2 aliphatic rings. The highest BCUT2D eigenvalue weighted by molar-refractivity contribution is 7.97. The third-order valence-corrected chi connectivity index (χ3v) is 8.21. The number of amides is 1. The molecular formula is C30H41N7O2S2. The second-order valence-corrected chi connectivity index (χ2v) is 12.1. The van der Waals surface area contributed by atoms with Gasteiger partial charge in [0.1, 0.15) is 5.69 Å². The van der Waals surface area contributed by atoms with Crippen molar-refractivity contribution in [3.63, 3.8) is 0 Å². The van der Waals surface area contributed by atoms with Gasteiger partial charge in [-0.25, -0.2) is 4.98 Å². The molecule has 2 fully saturated rings. The predicted octanol–water partition coefficient (Wildman–Crippen LogP) is 5.30. The highest BCUT2D eigenvalue weighted by Crippen LogP contribution is 2.29. The normalized spacial score (nSPS) is 16.4. The number of aryl methyl sites for hydroxylation is 1. The summed E-state index contributed by atoms with van der Waals surface area (Å²) in [6.45, 7) is 7.24. The lowest BCUT2D eigenvalue weighted by molar-refractivity contribution is -0.105. The monoisotopic (exact) mass is 595 g/mol. The number of H-pyrrole nitrogens is 1. The molecule has 2 saturated heterocycles. The third-order valence-electron chi connectivity index (χ3n) is 7.38. The maximum absolute atomic E-state index is 10.5. The summed E-state index contributed by atoms with van der Waals surface area (Å²) in [4.78, 5) is 23.8. The number of aromatic nitrogens is 4. The molecule has 1 aromatic carbocycles. The Labute approximate surface area is 250 Å². The number of rotatable bonds is 7. The lowest BCUT2D eigenvalue weighted by atomic mass is 9.91. The lowest BCUT2D eigenvalue weighted by Crippen LogP contribution is -2.42. The van der Waals surface area contributed by atoms with Crippen molar-refractivity contribution in [3.05, 3.63) is 53.8 Å². The average molecular weight is 596 g/mol. The maximum atomic E-state index is 10.5. The van der Waals surface area contributed by atoms with Crippen molar-refractivity contribution >= 4 is 51.2 Å². The van der Waals surface area contributed by atoms with Gasteiger partial charge in [-0.05, 0) is 94.5 Å². The Kier molecular flexibility index (Phi) is 12.0. The van der Waals surface area contributed by atoms with Gasteiger partial charge in [-0.2, -0.15) is 16.9 Å². The fourth-order valence-electron chi connectivity index (χ4n) is 5.31. The number of thiazole rings is 1. The van der Waals surface area contributed by atoms with Gasteiger partial charge in [0.25, 0.3) is 0 Å². The Morgan fingerprint density at radius 2 is 1.88 bits per heavy atom. The van der Waals surface area contributed by atoms with Crippen LogP contribution in [0.5, 0.6) is 0 Å². The molecular weight excluding hydrogens is 555 g/mol. The van der Waals surface area contributed by atoms with E-state index in [2.05, 4.69) is 35.3 Å². The van der Waals surface area contributed by atoms with Crippen LogP contribution in [0.4, 0.5) is 10.8 Å². The van der Waals surface area contributed by atoms with Crippen LogP contribution in [0.2, 0.25) is 0 Å². The first kappa shape index (κ1) is 31.0. The number of thioether (sulfide) groups is 1. The zero-order valence-corrected chi connectivity index (χ0v) is 25.8. The van der Waals surface area contributed by atoms with E-state index in [0.717, 1.165) is 71.1 Å². The number of benzene rings is 1. The van der Waals surface area contributed by atoms with Crippen molar-refractivity contribution in [1.29, 1.82) is 0 Å². The van der Waals surface area contributed by atoms with E-state index < -0.39 is 0 Å². The van der Waals surface area contributed by atoms with Gasteiger partial charge in [0, 0.05) is 59.7 Å². The number of likely N-dealkylation sites (tertiary alicyclic amines) is 1. The van der Waals surface area contributed by atoms with Gasteiger partial charge in [-0.3, -0.25) is 14.9 Å². The molecule has 11 heteroatoms. The molecule has 0 spiro atoms. The summed E-state index contributed by atoms with van der Waals surface area (Å²) in [7, 11) is 0. The average Bonchev–Trinajstić information content (AvgIpc) is 3.77. The number of hydrogen-bond acceptors (Lipinski definition) is 9. The number of carbonyl (C=O) groups is 1. The van der Waals surface area contributed by atoms with Crippen molar-refractivity contribution in [2.24, 2.45) is 5.92 Å². The molecule has 2 aliphatic heterocycles. The molecule has 0 aliphatic carbocycles. The SMILES string of the molecule is CSC.Cc1cc(-c2n[nH]c3ccc(NC=O)cc23)ccn1.OC(CN1CCCC1)C1CCN(c2nccs2)CC1. The molecule has 0 radical (unpaired) electrons. The van der Waals surface area contributed by atoms with Crippen LogP contribution in [0, 0.1) is 12.8 Å². The molecule has 0 bridgehead atoms. The fourth-order valence-corrected chi connectivity index (χ4v) is 6.01. The minimum Gasteiger partial charge on any atom is -0.392 e. The summed E-state index contributed by atoms with van der Waals surface area (Å²) >= 11 is 3.46. The Morgan fingerprint density at radius 1 is 1.12 bits per heavy atom. The molecule has 1 atom stereocenters. The lowest BCUT2D eigenvalue weighted by Gasteiger charge is -2.35. The molecule has 9 nitrogen and oxygen atoms in total. The Morgan fingerprint density at radius 3 is 2.54 bits per heavy atom. The number of aromatic amines is 1. The number of nitrogens with zero attached hydrogens (tertiary/aromatic N) is 5. The number of carbonyl (C=O) groups excluding carboxylic acids is 1. The van der Waals surface area contributed by atoms with E-state index in [0.29, 0.717) is 12.3 Å². The zero-order valence-electron chi connectivity index (χ0n) is 24.1. The largest absolute Gasteiger partial charge is 0.392 e. The first-order valence-electron chi connectivity index (χ1n) is 14.1. The summed E-state index contributed by atoms with van der Waals surface area (Å²) in [5, 5.41) is 24.5. The number of fused-ring (bicyclic) bond motifs is 1. The molecule has 0 saturated carbocycles. The number of aliphatic hydroxyl groups is 1. The van der Waals surface area contributed by atoms with Crippen molar-refractivity contribution < 1.29 is 9.90 Å². The van der Waals surface area contributed by atoms with E-state index >= 15 is 0 Å². The van der Waals surface area contributed by atoms with Gasteiger partial charge >= 0.3 is 0 Å². The van der Waals surface area contributed by atoms with Gasteiger partial charge in [0.05, 0.1) is 11.6 Å². The van der Waals surface area contributed by atoms with E-state index in [1.165, 1.54) is 25.9 Å². The number of anilines is 2. The van der Waals surface area contributed by atoms with Crippen LogP contribution in [0.15, 0.2) is 48.1 Å². The van der Waals surface area contributed by atoms with Crippen LogP contribution < -0.4 is 10.2 Å². The standard InChI is InChI=1S/C14H12N4O.C14H23N3OS.C2H6S/c1-9-6-10(4-5-15-9)14-12-7-11(16-8-19)2-3-13(12)17-18-14;18-13(11-16-6-1-2-7-16)12-3-8-17(9-4-12)14-15-5-10-19-14;1-3-2/h2-8H,1H3,(H,16,19)(H,17,18);5,10,12-13,18H,1-4,6-9,11H2;1-2H3. The van der Waals surface area contributed by atoms with Crippen LogP contribution in [-0.4, -0.2) is 87.9 Å². The number of hydrogen-bond donors (Lipinski definition) is 3. The number of pyridine rings is 1. The molecule has 3 aromatic heterocycles. The molecule has 5 heterocycles. The van der Waals surface area contributed by atoms with E-state index in [9.17, 15) is 9.90 Å². The zero-order chi connectivity index (χ0) is 29.0. The molecule has 1 amide bonds. The van der Waals surface area contributed by atoms with Crippen molar-refractivity contribution in [3.8, 4) is 11.3 Å². The summed E-state index contributed by atoms with van der Waals surface area (Å²) in [6.07, 6.45) is 13.0. The Bertz CT molecular complexity index is 1330. The Hall–Kier alpha value is -2.99. The highest BCUT2D eigenvalue weighted by atomic mass is 32.2. The highest BCUT2D eigenvalue weighted by Gasteiger charge is 2.28. The van der Waals surface area contributed by atoms with Crippen LogP contribution in [0.25, 0.3) is 22.2 Å². The van der Waals surface area contributed by atoms with Gasteiger partial charge in [0.2, 0.25) is 6.41 Å². The second kappa shape index (κ2) is 15.9. The quantitative estimate of drug-likeness (QED) is 0.247. The van der Waals surface area contributed by atoms with Crippen LogP contribution in [0.3, 0.4) is 0 Å². The van der Waals surface area contributed by atoms with Crippen LogP contribution in [-0.2, 0) is 4.79 Å². The van der Waals surface area contributed by atoms with Crippen molar-refractivity contribution in [2.75, 3.05) is 55.5 Å². The number of β-amino-alcohol motifs (C(OH)–C–C–N with tert-alkyl or cyclic N) is 1. The van der Waals surface area contributed by atoms with Gasteiger partial charge in [-0.1, -0.05) is 0 Å². The minimum absolute atomic E-state index is 0.142. The molecule has 220 valence electrons. The first-order chi connectivity index (χ1) is 20.0. The molecule has 6 rings (SSSR count). The van der Waals surface area contributed by atoms with Crippen LogP contribution in [0.1, 0.15) is 31.4 Å². The number of piperidine rings is 1. The van der Waals surface area contributed by atoms with Crippen molar-refractivity contribution in [1.82, 2.24) is 25.1 Å². The summed E-state index contributed by atoms with van der Waals surface area (Å²) in [5.74, 6) is 0.469. The van der Waals surface area contributed by atoms with E-state index in [-0.39, 0.29) is 6.10 Å². The smallest absolute Gasteiger partial charge is 0.211 e. The second-order valence-electron chi connectivity index (χ2n) is 10.4. The molecule has 4 aromatic rings. The molecule has 41 heavy (non-hydrogen) atoms. The van der Waals surface area contributed by atoms with Gasteiger partial charge < -0.3 is 20.2 Å². The van der Waals surface area contributed by atoms with E-state index in [4.69, 9.17) is 0 Å². The maximum Gasteiger partial charge on any atom is 0.211 e.